The number of aliphatic hydroxyl groups excluding tert-OH is 1. The summed E-state index contributed by atoms with van der Waals surface area (Å²) in [4.78, 5) is 22.8. The van der Waals surface area contributed by atoms with Gasteiger partial charge in [0.15, 0.2) is 5.65 Å². The molecule has 4 N–H and O–H groups in total. The van der Waals surface area contributed by atoms with Crippen molar-refractivity contribution in [2.24, 2.45) is 0 Å². The summed E-state index contributed by atoms with van der Waals surface area (Å²) in [6.07, 6.45) is 3.22. The average molecular weight is 475 g/mol. The van der Waals surface area contributed by atoms with Crippen LogP contribution in [0.2, 0.25) is 0 Å². The number of aromatic hydroxyl groups is 1. The van der Waals surface area contributed by atoms with Gasteiger partial charge in [0.05, 0.1) is 18.0 Å². The average Bonchev–Trinajstić information content (AvgIpc) is 3.27. The largest absolute Gasteiger partial charge is 0.508 e. The third-order valence-electron chi connectivity index (χ3n) is 6.14. The summed E-state index contributed by atoms with van der Waals surface area (Å²) in [5.74, 6) is 1.70. The summed E-state index contributed by atoms with van der Waals surface area (Å²) in [5, 5.41) is 24.1. The molecule has 10 nitrogen and oxygen atoms in total. The number of nitrogens with zero attached hydrogens (tertiary/aromatic N) is 5. The number of benzene rings is 2. The van der Waals surface area contributed by atoms with Gasteiger partial charge in [-0.25, -0.2) is 14.6 Å². The second-order valence-electron chi connectivity index (χ2n) is 8.48. The van der Waals surface area contributed by atoms with Crippen LogP contribution in [0.3, 0.4) is 0 Å². The van der Waals surface area contributed by atoms with E-state index in [1.807, 2.05) is 28.9 Å². The summed E-state index contributed by atoms with van der Waals surface area (Å²) in [6.45, 7) is 1.00. The molecule has 1 amide bonds. The van der Waals surface area contributed by atoms with E-state index in [9.17, 15) is 9.90 Å². The summed E-state index contributed by atoms with van der Waals surface area (Å²) < 4.78 is 7.70. The van der Waals surface area contributed by atoms with Gasteiger partial charge in [0, 0.05) is 25.1 Å². The molecule has 2 aromatic heterocycles. The van der Waals surface area contributed by atoms with E-state index in [0.29, 0.717) is 47.1 Å². The number of phenols is 1. The zero-order valence-corrected chi connectivity index (χ0v) is 19.0. The quantitative estimate of drug-likeness (QED) is 0.387. The van der Waals surface area contributed by atoms with Gasteiger partial charge in [-0.1, -0.05) is 0 Å². The number of nitrogen functional groups attached to an aromatic ring is 1. The smallest absolute Gasteiger partial charge is 0.224 e. The molecule has 180 valence electrons. The molecule has 3 heterocycles. The Labute approximate surface area is 201 Å². The van der Waals surface area contributed by atoms with E-state index in [1.165, 1.54) is 6.33 Å². The molecule has 35 heavy (non-hydrogen) atoms. The van der Waals surface area contributed by atoms with Gasteiger partial charge in [0.2, 0.25) is 5.91 Å². The summed E-state index contributed by atoms with van der Waals surface area (Å²) in [5.41, 5.74) is 8.37. The molecule has 1 aliphatic heterocycles. The van der Waals surface area contributed by atoms with Crippen LogP contribution in [0.4, 0.5) is 5.82 Å². The van der Waals surface area contributed by atoms with Gasteiger partial charge in [-0.2, -0.15) is 5.10 Å². The summed E-state index contributed by atoms with van der Waals surface area (Å²) >= 11 is 0. The van der Waals surface area contributed by atoms with E-state index in [4.69, 9.17) is 20.7 Å². The van der Waals surface area contributed by atoms with Crippen molar-refractivity contribution in [1.82, 2.24) is 24.6 Å². The van der Waals surface area contributed by atoms with Crippen molar-refractivity contribution in [3.63, 3.8) is 0 Å². The van der Waals surface area contributed by atoms with Crippen molar-refractivity contribution in [1.29, 1.82) is 0 Å². The highest BCUT2D eigenvalue weighted by atomic mass is 16.5. The lowest BCUT2D eigenvalue weighted by Gasteiger charge is -2.33. The number of nitrogens with two attached hydrogens (primary N) is 1. The van der Waals surface area contributed by atoms with Gasteiger partial charge in [0.1, 0.15) is 35.1 Å². The van der Waals surface area contributed by atoms with Crippen molar-refractivity contribution in [3.8, 4) is 28.5 Å². The van der Waals surface area contributed by atoms with Crippen molar-refractivity contribution >= 4 is 22.8 Å². The minimum absolute atomic E-state index is 0.0611. The number of carbonyl (C=O) groups is 1. The van der Waals surface area contributed by atoms with E-state index in [1.54, 1.807) is 29.2 Å². The number of hydrogen-bond acceptors (Lipinski definition) is 8. The van der Waals surface area contributed by atoms with E-state index >= 15 is 0 Å². The minimum Gasteiger partial charge on any atom is -0.508 e. The molecule has 0 spiro atoms. The maximum absolute atomic E-state index is 12.4. The van der Waals surface area contributed by atoms with Crippen LogP contribution in [0.1, 0.15) is 25.3 Å². The summed E-state index contributed by atoms with van der Waals surface area (Å²) in [6, 6.07) is 13.9. The number of hydrogen-bond donors (Lipinski definition) is 3. The second kappa shape index (κ2) is 9.59. The van der Waals surface area contributed by atoms with Crippen LogP contribution in [-0.2, 0) is 4.79 Å². The Bertz CT molecular complexity index is 1340. The van der Waals surface area contributed by atoms with E-state index in [-0.39, 0.29) is 30.7 Å². The third-order valence-corrected chi connectivity index (χ3v) is 6.14. The number of aromatic nitrogens is 4. The Kier molecular flexibility index (Phi) is 6.19. The highest BCUT2D eigenvalue weighted by Gasteiger charge is 2.28. The Hall–Kier alpha value is -4.18. The Morgan fingerprint density at radius 3 is 2.51 bits per heavy atom. The third kappa shape index (κ3) is 4.60. The lowest BCUT2D eigenvalue weighted by molar-refractivity contribution is -0.133. The molecule has 1 unspecified atom stereocenters. The first-order chi connectivity index (χ1) is 17.0. The Balaban J connectivity index is 1.46. The van der Waals surface area contributed by atoms with Gasteiger partial charge < -0.3 is 25.6 Å². The van der Waals surface area contributed by atoms with E-state index in [2.05, 4.69) is 9.97 Å². The maximum atomic E-state index is 12.4. The van der Waals surface area contributed by atoms with Crippen LogP contribution < -0.4 is 10.5 Å². The molecule has 0 bridgehead atoms. The number of ether oxygens (including phenoxy) is 1. The first kappa shape index (κ1) is 22.6. The van der Waals surface area contributed by atoms with Crippen molar-refractivity contribution in [2.45, 2.75) is 25.3 Å². The number of carbonyl (C=O) groups excluding carboxylic acids is 1. The maximum Gasteiger partial charge on any atom is 0.224 e. The first-order valence-corrected chi connectivity index (χ1v) is 11.5. The number of fused-ring (bicyclic) bond motifs is 1. The molecule has 5 rings (SSSR count). The number of phenolic OH excluding ortho intramolecular Hbond substituents is 1. The summed E-state index contributed by atoms with van der Waals surface area (Å²) in [7, 11) is 0. The number of likely N-dealkylation sites (tertiary alicyclic amines) is 1. The molecule has 0 aliphatic carbocycles. The van der Waals surface area contributed by atoms with E-state index in [0.717, 1.165) is 18.4 Å². The molecule has 1 atom stereocenters. The molecule has 1 aliphatic rings. The number of rotatable bonds is 6. The second-order valence-corrected chi connectivity index (χ2v) is 8.48. The van der Waals surface area contributed by atoms with Crippen LogP contribution in [0.15, 0.2) is 54.9 Å². The molecule has 4 aromatic rings. The minimum atomic E-state index is -0.162. The Morgan fingerprint density at radius 2 is 1.80 bits per heavy atom. The van der Waals surface area contributed by atoms with Gasteiger partial charge in [-0.15, -0.1) is 0 Å². The Morgan fingerprint density at radius 1 is 1.09 bits per heavy atom. The fourth-order valence-corrected chi connectivity index (χ4v) is 4.42. The predicted molar refractivity (Wildman–Crippen MR) is 130 cm³/mol. The normalized spacial score (nSPS) is 15.9. The van der Waals surface area contributed by atoms with Gasteiger partial charge in [-0.3, -0.25) is 4.79 Å². The number of anilines is 1. The molecule has 1 fully saturated rings. The van der Waals surface area contributed by atoms with Crippen LogP contribution >= 0.6 is 0 Å². The van der Waals surface area contributed by atoms with Crippen molar-refractivity contribution < 1.29 is 19.7 Å². The van der Waals surface area contributed by atoms with Crippen LogP contribution in [0, 0.1) is 0 Å². The fourth-order valence-electron chi connectivity index (χ4n) is 4.42. The fraction of sp³-hybridized carbons (Fsp3) is 0.280. The first-order valence-electron chi connectivity index (χ1n) is 11.5. The topological polar surface area (TPSA) is 140 Å². The molecule has 0 saturated carbocycles. The lowest BCUT2D eigenvalue weighted by Crippen LogP contribution is -2.41. The van der Waals surface area contributed by atoms with E-state index < -0.39 is 0 Å². The van der Waals surface area contributed by atoms with Crippen LogP contribution in [0.5, 0.6) is 17.2 Å². The van der Waals surface area contributed by atoms with Crippen LogP contribution in [-0.4, -0.2) is 60.5 Å². The van der Waals surface area contributed by atoms with Gasteiger partial charge >= 0.3 is 0 Å². The number of piperidine rings is 1. The molecule has 1 saturated heterocycles. The highest BCUT2D eigenvalue weighted by molar-refractivity contribution is 5.98. The van der Waals surface area contributed by atoms with Gasteiger partial charge in [-0.05, 0) is 61.4 Å². The molecular formula is C25H26N6O4. The van der Waals surface area contributed by atoms with Crippen molar-refractivity contribution in [3.05, 3.63) is 54.9 Å². The zero-order valence-electron chi connectivity index (χ0n) is 19.0. The van der Waals surface area contributed by atoms with Crippen LogP contribution in [0.25, 0.3) is 22.3 Å². The molecule has 2 aromatic carbocycles. The monoisotopic (exact) mass is 474 g/mol. The number of aliphatic hydroxyl groups is 1. The standard InChI is InChI=1S/C25H26N6O4/c26-24-22-23(16-3-7-19(8-4-16)35-20-9-5-18(33)6-10-20)29-31(25(22)28-15-27-24)17-2-1-12-30(14-17)21(34)11-13-32/h3-10,15,17,32-33H,1-2,11-14H2,(H2,26,27,28). The predicted octanol–water partition coefficient (Wildman–Crippen LogP) is 3.12. The molecule has 10 heteroatoms. The molecule has 0 radical (unpaired) electrons. The lowest BCUT2D eigenvalue weighted by atomic mass is 10.1. The molecular weight excluding hydrogens is 448 g/mol. The van der Waals surface area contributed by atoms with Gasteiger partial charge in [0.25, 0.3) is 0 Å². The highest BCUT2D eigenvalue weighted by Crippen LogP contribution is 2.35. The zero-order chi connectivity index (χ0) is 24.4. The SMILES string of the molecule is Nc1ncnc2c1c(-c1ccc(Oc3ccc(O)cc3)cc1)nn2C1CCCN(C(=O)CCO)C1. The number of amides is 1. The van der Waals surface area contributed by atoms with Crippen molar-refractivity contribution in [2.75, 3.05) is 25.4 Å².